The van der Waals surface area contributed by atoms with E-state index in [-0.39, 0.29) is 18.5 Å². The fourth-order valence-corrected chi connectivity index (χ4v) is 5.01. The van der Waals surface area contributed by atoms with Crippen LogP contribution in [0.25, 0.3) is 10.9 Å². The molecule has 1 aliphatic rings. The number of benzene rings is 2. The van der Waals surface area contributed by atoms with Gasteiger partial charge in [0.15, 0.2) is 17.5 Å². The lowest BCUT2D eigenvalue weighted by Gasteiger charge is -2.38. The molecule has 2 aromatic carbocycles. The molecule has 0 spiro atoms. The molecule has 1 fully saturated rings. The maximum absolute atomic E-state index is 13.4. The second-order valence-corrected chi connectivity index (χ2v) is 9.71. The first-order valence-electron chi connectivity index (χ1n) is 12.3. The van der Waals surface area contributed by atoms with Gasteiger partial charge < -0.3 is 14.9 Å². The van der Waals surface area contributed by atoms with E-state index < -0.39 is 34.9 Å². The molecule has 0 bridgehead atoms. The largest absolute Gasteiger partial charge is 0.497 e. The minimum Gasteiger partial charge on any atom is -0.497 e. The van der Waals surface area contributed by atoms with Gasteiger partial charge in [0.1, 0.15) is 5.75 Å². The van der Waals surface area contributed by atoms with Crippen molar-refractivity contribution in [2.45, 2.75) is 38.7 Å². The summed E-state index contributed by atoms with van der Waals surface area (Å²) in [5.74, 6) is 1.07. The molecule has 0 amide bonds. The van der Waals surface area contributed by atoms with Gasteiger partial charge in [-0.15, -0.1) is 0 Å². The number of pyridine rings is 1. The zero-order chi connectivity index (χ0) is 27.4. The Bertz CT molecular complexity index is 1390. The van der Waals surface area contributed by atoms with Gasteiger partial charge in [-0.25, -0.2) is 13.2 Å². The molecule has 6 nitrogen and oxygen atoms in total. The molecule has 0 radical (unpaired) electrons. The van der Waals surface area contributed by atoms with Gasteiger partial charge in [-0.2, -0.15) is 0 Å². The summed E-state index contributed by atoms with van der Waals surface area (Å²) >= 11 is 0. The van der Waals surface area contributed by atoms with Crippen molar-refractivity contribution >= 4 is 16.9 Å². The molecular weight excluding hydrogens is 497 g/mol. The van der Waals surface area contributed by atoms with Crippen molar-refractivity contribution < 1.29 is 32.9 Å². The highest BCUT2D eigenvalue weighted by atomic mass is 19.2. The lowest BCUT2D eigenvalue weighted by atomic mass is 9.74. The lowest BCUT2D eigenvalue weighted by Crippen LogP contribution is -2.44. The van der Waals surface area contributed by atoms with E-state index in [0.29, 0.717) is 38.1 Å². The fourth-order valence-electron chi connectivity index (χ4n) is 5.01. The van der Waals surface area contributed by atoms with Crippen LogP contribution < -0.4 is 4.74 Å². The summed E-state index contributed by atoms with van der Waals surface area (Å²) in [4.78, 5) is 18.7. The first kappa shape index (κ1) is 27.4. The molecule has 3 aromatic rings. The maximum atomic E-state index is 13.4. The molecule has 1 atom stereocenters. The van der Waals surface area contributed by atoms with Crippen molar-refractivity contribution in [3.8, 4) is 17.6 Å². The van der Waals surface area contributed by atoms with Gasteiger partial charge in [0.25, 0.3) is 0 Å². The van der Waals surface area contributed by atoms with Crippen LogP contribution in [0.5, 0.6) is 5.75 Å². The monoisotopic (exact) mass is 526 g/mol. The van der Waals surface area contributed by atoms with E-state index in [0.717, 1.165) is 34.2 Å². The predicted molar refractivity (Wildman–Crippen MR) is 136 cm³/mol. The van der Waals surface area contributed by atoms with Crippen LogP contribution in [0, 0.1) is 41.6 Å². The van der Waals surface area contributed by atoms with E-state index in [1.165, 1.54) is 0 Å². The maximum Gasteiger partial charge on any atom is 0.309 e. The molecule has 4 rings (SSSR count). The zero-order valence-electron chi connectivity index (χ0n) is 21.2. The number of carbonyl (C=O) groups is 1. The summed E-state index contributed by atoms with van der Waals surface area (Å²) in [7, 11) is 1.57. The summed E-state index contributed by atoms with van der Waals surface area (Å²) in [6.07, 6.45) is 2.15. The lowest BCUT2D eigenvalue weighted by molar-refractivity contribution is -0.153. The van der Waals surface area contributed by atoms with Crippen LogP contribution in [0.2, 0.25) is 0 Å². The van der Waals surface area contributed by atoms with E-state index in [2.05, 4.69) is 16.8 Å². The Morgan fingerprint density at radius 3 is 2.50 bits per heavy atom. The molecule has 2 heterocycles. The fraction of sp³-hybridized carbons (Fsp3) is 0.379. The van der Waals surface area contributed by atoms with Crippen molar-refractivity contribution in [1.29, 1.82) is 0 Å². The van der Waals surface area contributed by atoms with Crippen molar-refractivity contribution in [2.24, 2.45) is 5.41 Å². The van der Waals surface area contributed by atoms with E-state index in [1.54, 1.807) is 19.4 Å². The number of carboxylic acids is 1. The summed E-state index contributed by atoms with van der Waals surface area (Å²) in [6.45, 7) is 3.09. The number of aliphatic hydroxyl groups is 1. The first-order valence-corrected chi connectivity index (χ1v) is 12.3. The van der Waals surface area contributed by atoms with E-state index in [4.69, 9.17) is 4.74 Å². The number of aliphatic hydroxyl groups excluding tert-OH is 1. The third-order valence-corrected chi connectivity index (χ3v) is 7.33. The average Bonchev–Trinajstić information content (AvgIpc) is 2.90. The molecule has 1 aliphatic heterocycles. The van der Waals surface area contributed by atoms with E-state index >= 15 is 0 Å². The number of rotatable bonds is 7. The second kappa shape index (κ2) is 11.4. The normalized spacial score (nSPS) is 16.1. The van der Waals surface area contributed by atoms with Crippen molar-refractivity contribution in [3.05, 3.63) is 70.7 Å². The number of fused-ring (bicyclic) bond motifs is 1. The molecule has 38 heavy (non-hydrogen) atoms. The Morgan fingerprint density at radius 2 is 1.87 bits per heavy atom. The van der Waals surface area contributed by atoms with Gasteiger partial charge in [0, 0.05) is 30.2 Å². The highest BCUT2D eigenvalue weighted by Crippen LogP contribution is 2.40. The van der Waals surface area contributed by atoms with Crippen LogP contribution in [0.4, 0.5) is 13.2 Å². The summed E-state index contributed by atoms with van der Waals surface area (Å²) in [6, 6.07) is 7.13. The quantitative estimate of drug-likeness (QED) is 0.333. The van der Waals surface area contributed by atoms with Gasteiger partial charge in [0.2, 0.25) is 0 Å². The third-order valence-electron chi connectivity index (χ3n) is 7.33. The van der Waals surface area contributed by atoms with Gasteiger partial charge in [-0.3, -0.25) is 14.7 Å². The highest BCUT2D eigenvalue weighted by Gasteiger charge is 2.41. The van der Waals surface area contributed by atoms with E-state index in [9.17, 15) is 28.2 Å². The molecule has 2 N–H and O–H groups in total. The Kier molecular flexibility index (Phi) is 8.24. The predicted octanol–water partition coefficient (Wildman–Crippen LogP) is 5.00. The number of aryl methyl sites for hydroxylation is 1. The molecular formula is C29H29F3N2O4. The van der Waals surface area contributed by atoms with Crippen molar-refractivity contribution in [3.63, 3.8) is 0 Å². The number of hydrogen-bond acceptors (Lipinski definition) is 5. The molecule has 200 valence electrons. The number of aromatic nitrogens is 1. The average molecular weight is 527 g/mol. The first-order chi connectivity index (χ1) is 18.1. The molecule has 9 heteroatoms. The summed E-state index contributed by atoms with van der Waals surface area (Å²) in [5.41, 5.74) is 1.30. The molecule has 0 aliphatic carbocycles. The zero-order valence-corrected chi connectivity index (χ0v) is 21.2. The van der Waals surface area contributed by atoms with Crippen LogP contribution >= 0.6 is 0 Å². The Morgan fingerprint density at radius 1 is 1.18 bits per heavy atom. The standard InChI is InChI=1S/C29H29F3N2O4/c1-18-17-33-24-6-5-20(38-2)16-21(24)26(18)25(35)7-8-29(28(36)37)9-12-34(13-10-29)11-3-4-19-14-22(30)27(32)23(31)15-19/h5-6,14-17,25,35H,7-13H2,1-2H3,(H,36,37). The Hall–Kier alpha value is -3.61. The SMILES string of the molecule is COc1ccc2ncc(C)c(C(O)CCC3(C(=O)O)CCN(CC#Cc4cc(F)c(F)c(F)c4)CC3)c2c1. The van der Waals surface area contributed by atoms with Gasteiger partial charge >= 0.3 is 5.97 Å². The topological polar surface area (TPSA) is 82.9 Å². The summed E-state index contributed by atoms with van der Waals surface area (Å²) < 4.78 is 45.2. The number of carboxylic acid groups (broad SMARTS) is 1. The smallest absolute Gasteiger partial charge is 0.309 e. The minimum absolute atomic E-state index is 0.0313. The van der Waals surface area contributed by atoms with Crippen LogP contribution in [0.1, 0.15) is 48.5 Å². The Labute approximate surface area is 219 Å². The van der Waals surface area contributed by atoms with Crippen LogP contribution in [0.15, 0.2) is 36.5 Å². The van der Waals surface area contributed by atoms with E-state index in [1.807, 2.05) is 24.0 Å². The second-order valence-electron chi connectivity index (χ2n) is 9.71. The van der Waals surface area contributed by atoms with Gasteiger partial charge in [-0.05, 0) is 74.1 Å². The number of methoxy groups -OCH3 is 1. The molecule has 1 saturated heterocycles. The number of aliphatic carboxylic acids is 1. The molecule has 1 unspecified atom stereocenters. The van der Waals surface area contributed by atoms with Crippen LogP contribution in [-0.4, -0.2) is 52.8 Å². The Balaban J connectivity index is 1.41. The third kappa shape index (κ3) is 5.77. The minimum atomic E-state index is -1.53. The number of ether oxygens (including phenoxy) is 1. The highest BCUT2D eigenvalue weighted by molar-refractivity contribution is 5.85. The number of halogens is 3. The van der Waals surface area contributed by atoms with Gasteiger partial charge in [0.05, 0.1) is 30.7 Å². The van der Waals surface area contributed by atoms with Crippen molar-refractivity contribution in [2.75, 3.05) is 26.7 Å². The number of nitrogens with zero attached hydrogens (tertiary/aromatic N) is 2. The number of hydrogen-bond donors (Lipinski definition) is 2. The molecule has 0 saturated carbocycles. The summed E-state index contributed by atoms with van der Waals surface area (Å²) in [5, 5.41) is 22.0. The van der Waals surface area contributed by atoms with Crippen LogP contribution in [-0.2, 0) is 4.79 Å². The molecule has 1 aromatic heterocycles. The van der Waals surface area contributed by atoms with Crippen molar-refractivity contribution in [1.82, 2.24) is 9.88 Å². The van der Waals surface area contributed by atoms with Gasteiger partial charge in [-0.1, -0.05) is 11.8 Å². The van der Waals surface area contributed by atoms with Crippen LogP contribution in [0.3, 0.4) is 0 Å². The number of likely N-dealkylation sites (tertiary alicyclic amines) is 1. The number of piperidine rings is 1.